The lowest BCUT2D eigenvalue weighted by atomic mass is 9.97. The average molecular weight is 337 g/mol. The molecule has 6 heteroatoms. The van der Waals surface area contributed by atoms with Crippen LogP contribution in [0.1, 0.15) is 27.0 Å². The normalized spacial score (nSPS) is 12.7. The van der Waals surface area contributed by atoms with Crippen LogP contribution < -0.4 is 4.74 Å². The standard InChI is InChI=1S/C19H16FN3O2/c1-23-10-17(21-22-23)13-4-2-12(3-5-13)8-14-9-15(11-24)18(20)16-6-7-25-19(14)16/h2-5,9-11H,6-8H2,1H3. The number of nitrogens with zero attached hydrogens (tertiary/aromatic N) is 3. The maximum Gasteiger partial charge on any atom is 0.153 e. The van der Waals surface area contributed by atoms with E-state index in [-0.39, 0.29) is 5.56 Å². The van der Waals surface area contributed by atoms with Gasteiger partial charge in [0.2, 0.25) is 0 Å². The highest BCUT2D eigenvalue weighted by molar-refractivity contribution is 5.77. The van der Waals surface area contributed by atoms with Gasteiger partial charge in [0.15, 0.2) is 6.29 Å². The quantitative estimate of drug-likeness (QED) is 0.687. The fraction of sp³-hybridized carbons (Fsp3) is 0.211. The fourth-order valence-corrected chi connectivity index (χ4v) is 3.15. The summed E-state index contributed by atoms with van der Waals surface area (Å²) in [6.07, 6.45) is 3.49. The van der Waals surface area contributed by atoms with E-state index in [0.717, 1.165) is 22.4 Å². The number of aromatic nitrogens is 3. The van der Waals surface area contributed by atoms with Crippen LogP contribution in [0.2, 0.25) is 0 Å². The van der Waals surface area contributed by atoms with E-state index in [2.05, 4.69) is 10.3 Å². The van der Waals surface area contributed by atoms with E-state index in [1.807, 2.05) is 37.5 Å². The Bertz CT molecular complexity index is 948. The van der Waals surface area contributed by atoms with Crippen molar-refractivity contribution in [2.45, 2.75) is 12.8 Å². The maximum atomic E-state index is 14.2. The van der Waals surface area contributed by atoms with Gasteiger partial charge in [0.25, 0.3) is 0 Å². The number of carbonyl (C=O) groups is 1. The van der Waals surface area contributed by atoms with Gasteiger partial charge in [-0.1, -0.05) is 29.5 Å². The number of aryl methyl sites for hydroxylation is 1. The number of benzene rings is 2. The minimum absolute atomic E-state index is 0.0930. The molecule has 0 amide bonds. The SMILES string of the molecule is Cn1cc(-c2ccc(Cc3cc(C=O)c(F)c4c3OCC4)cc2)nn1. The number of rotatable bonds is 4. The van der Waals surface area contributed by atoms with Crippen molar-refractivity contribution in [3.05, 3.63) is 64.6 Å². The highest BCUT2D eigenvalue weighted by Gasteiger charge is 2.23. The zero-order chi connectivity index (χ0) is 17.4. The molecule has 0 bridgehead atoms. The summed E-state index contributed by atoms with van der Waals surface area (Å²) in [6, 6.07) is 9.53. The summed E-state index contributed by atoms with van der Waals surface area (Å²) in [5.41, 5.74) is 4.28. The first kappa shape index (κ1) is 15.5. The van der Waals surface area contributed by atoms with Crippen molar-refractivity contribution in [1.82, 2.24) is 15.0 Å². The molecule has 1 aromatic heterocycles. The molecule has 1 aliphatic heterocycles. The van der Waals surface area contributed by atoms with E-state index in [1.54, 1.807) is 10.7 Å². The molecule has 0 atom stereocenters. The molecule has 1 aliphatic rings. The van der Waals surface area contributed by atoms with Crippen molar-refractivity contribution in [2.24, 2.45) is 7.05 Å². The molecule has 0 saturated carbocycles. The van der Waals surface area contributed by atoms with Gasteiger partial charge in [-0.05, 0) is 17.2 Å². The van der Waals surface area contributed by atoms with Crippen LogP contribution >= 0.6 is 0 Å². The number of halogens is 1. The molecule has 2 heterocycles. The number of hydrogen-bond donors (Lipinski definition) is 0. The number of carbonyl (C=O) groups excluding carboxylic acids is 1. The van der Waals surface area contributed by atoms with E-state index in [9.17, 15) is 9.18 Å². The smallest absolute Gasteiger partial charge is 0.153 e. The van der Waals surface area contributed by atoms with Crippen molar-refractivity contribution in [1.29, 1.82) is 0 Å². The summed E-state index contributed by atoms with van der Waals surface area (Å²) in [4.78, 5) is 11.1. The van der Waals surface area contributed by atoms with Gasteiger partial charge < -0.3 is 4.74 Å². The van der Waals surface area contributed by atoms with Crippen molar-refractivity contribution < 1.29 is 13.9 Å². The Morgan fingerprint density at radius 1 is 1.32 bits per heavy atom. The van der Waals surface area contributed by atoms with Crippen LogP contribution in [0.5, 0.6) is 5.75 Å². The summed E-state index contributed by atoms with van der Waals surface area (Å²) < 4.78 is 21.5. The second-order valence-electron chi connectivity index (χ2n) is 6.11. The lowest BCUT2D eigenvalue weighted by molar-refractivity contribution is 0.111. The molecule has 0 spiro atoms. The van der Waals surface area contributed by atoms with Crippen LogP contribution in [0.15, 0.2) is 36.5 Å². The van der Waals surface area contributed by atoms with Crippen LogP contribution in [0.3, 0.4) is 0 Å². The molecule has 0 saturated heterocycles. The number of fused-ring (bicyclic) bond motifs is 1. The van der Waals surface area contributed by atoms with Gasteiger partial charge in [-0.3, -0.25) is 9.48 Å². The zero-order valence-electron chi connectivity index (χ0n) is 13.7. The van der Waals surface area contributed by atoms with E-state index < -0.39 is 5.82 Å². The Labute approximate surface area is 144 Å². The van der Waals surface area contributed by atoms with Crippen LogP contribution in [0, 0.1) is 5.82 Å². The van der Waals surface area contributed by atoms with Gasteiger partial charge in [-0.15, -0.1) is 5.10 Å². The Hall–Kier alpha value is -3.02. The van der Waals surface area contributed by atoms with Crippen LogP contribution in [-0.4, -0.2) is 27.9 Å². The average Bonchev–Trinajstić information content (AvgIpc) is 3.27. The Morgan fingerprint density at radius 2 is 2.12 bits per heavy atom. The van der Waals surface area contributed by atoms with Gasteiger partial charge in [-0.2, -0.15) is 0 Å². The fourth-order valence-electron chi connectivity index (χ4n) is 3.15. The van der Waals surface area contributed by atoms with E-state index >= 15 is 0 Å². The lowest BCUT2D eigenvalue weighted by Gasteiger charge is -2.11. The lowest BCUT2D eigenvalue weighted by Crippen LogP contribution is -1.99. The van der Waals surface area contributed by atoms with Crippen molar-refractivity contribution >= 4 is 6.29 Å². The van der Waals surface area contributed by atoms with Gasteiger partial charge in [0, 0.05) is 31.0 Å². The first-order valence-electron chi connectivity index (χ1n) is 8.03. The Kier molecular flexibility index (Phi) is 3.80. The highest BCUT2D eigenvalue weighted by atomic mass is 19.1. The van der Waals surface area contributed by atoms with Crippen molar-refractivity contribution in [3.63, 3.8) is 0 Å². The second-order valence-corrected chi connectivity index (χ2v) is 6.11. The first-order chi connectivity index (χ1) is 12.2. The summed E-state index contributed by atoms with van der Waals surface area (Å²) in [7, 11) is 1.82. The van der Waals surface area contributed by atoms with Gasteiger partial charge in [0.1, 0.15) is 17.3 Å². The van der Waals surface area contributed by atoms with Gasteiger partial charge in [-0.25, -0.2) is 4.39 Å². The molecule has 0 unspecified atom stereocenters. The molecular formula is C19H16FN3O2. The van der Waals surface area contributed by atoms with Gasteiger partial charge >= 0.3 is 0 Å². The molecule has 0 fully saturated rings. The second kappa shape index (κ2) is 6.12. The predicted molar refractivity (Wildman–Crippen MR) is 90.2 cm³/mol. The molecule has 0 radical (unpaired) electrons. The summed E-state index contributed by atoms with van der Waals surface area (Å²) in [5.74, 6) is 0.130. The molecule has 25 heavy (non-hydrogen) atoms. The van der Waals surface area contributed by atoms with Gasteiger partial charge in [0.05, 0.1) is 18.4 Å². The summed E-state index contributed by atoms with van der Waals surface area (Å²) >= 11 is 0. The largest absolute Gasteiger partial charge is 0.493 e. The molecule has 126 valence electrons. The molecule has 4 rings (SSSR count). The highest BCUT2D eigenvalue weighted by Crippen LogP contribution is 2.35. The molecule has 0 N–H and O–H groups in total. The third-order valence-corrected chi connectivity index (χ3v) is 4.39. The monoisotopic (exact) mass is 337 g/mol. The minimum Gasteiger partial charge on any atom is -0.493 e. The number of aldehydes is 1. The molecule has 2 aromatic carbocycles. The third-order valence-electron chi connectivity index (χ3n) is 4.39. The van der Waals surface area contributed by atoms with Crippen molar-refractivity contribution in [2.75, 3.05) is 6.61 Å². The molecule has 3 aromatic rings. The number of hydrogen-bond acceptors (Lipinski definition) is 4. The molecule has 0 aliphatic carbocycles. The van der Waals surface area contributed by atoms with Crippen LogP contribution in [-0.2, 0) is 19.9 Å². The van der Waals surface area contributed by atoms with Crippen LogP contribution in [0.4, 0.5) is 4.39 Å². The zero-order valence-corrected chi connectivity index (χ0v) is 13.7. The Morgan fingerprint density at radius 3 is 2.80 bits per heavy atom. The Balaban J connectivity index is 1.64. The van der Waals surface area contributed by atoms with E-state index in [4.69, 9.17) is 4.74 Å². The third kappa shape index (κ3) is 2.80. The topological polar surface area (TPSA) is 57.0 Å². The maximum absolute atomic E-state index is 14.2. The molecular weight excluding hydrogens is 321 g/mol. The summed E-state index contributed by atoms with van der Waals surface area (Å²) in [5, 5.41) is 8.02. The number of ether oxygens (including phenoxy) is 1. The molecule has 5 nitrogen and oxygen atoms in total. The van der Waals surface area contributed by atoms with Crippen LogP contribution in [0.25, 0.3) is 11.3 Å². The first-order valence-corrected chi connectivity index (χ1v) is 8.03. The predicted octanol–water partition coefficient (Wildman–Crippen LogP) is 2.96. The summed E-state index contributed by atoms with van der Waals surface area (Å²) in [6.45, 7) is 0.452. The van der Waals surface area contributed by atoms with E-state index in [1.165, 1.54) is 0 Å². The van der Waals surface area contributed by atoms with E-state index in [0.29, 0.717) is 37.0 Å². The minimum atomic E-state index is -0.454. The van der Waals surface area contributed by atoms with Crippen molar-refractivity contribution in [3.8, 4) is 17.0 Å².